The topological polar surface area (TPSA) is 0 Å². The summed E-state index contributed by atoms with van der Waals surface area (Å²) in [5, 5.41) is 0. The number of rotatable bonds is 7. The van der Waals surface area contributed by atoms with Crippen LogP contribution in [0.25, 0.3) is 11.1 Å². The summed E-state index contributed by atoms with van der Waals surface area (Å²) in [6.45, 7) is 22.5. The molecule has 0 amide bonds. The normalized spacial score (nSPS) is 27.7. The molecule has 4 aliphatic rings. The van der Waals surface area contributed by atoms with Crippen LogP contribution in [0.5, 0.6) is 0 Å². The maximum atomic E-state index is 4.73. The van der Waals surface area contributed by atoms with Crippen LogP contribution in [0.1, 0.15) is 69.6 Å². The molecular weight excluding hydrogens is 444 g/mol. The van der Waals surface area contributed by atoms with Crippen LogP contribution in [0.15, 0.2) is 114 Å². The van der Waals surface area contributed by atoms with Gasteiger partial charge in [-0.15, -0.1) is 0 Å². The van der Waals surface area contributed by atoms with Crippen molar-refractivity contribution in [2.45, 2.75) is 59.8 Å². The second kappa shape index (κ2) is 10.3. The van der Waals surface area contributed by atoms with E-state index in [1.165, 1.54) is 44.6 Å². The molecule has 0 aliphatic heterocycles. The molecule has 5 rings (SSSR count). The van der Waals surface area contributed by atoms with E-state index in [2.05, 4.69) is 102 Å². The van der Waals surface area contributed by atoms with Gasteiger partial charge >= 0.3 is 0 Å². The Morgan fingerprint density at radius 1 is 1.08 bits per heavy atom. The Hall–Kier alpha value is -3.12. The molecule has 0 radical (unpaired) electrons. The Bertz CT molecular complexity index is 1340. The van der Waals surface area contributed by atoms with E-state index in [4.69, 9.17) is 6.58 Å². The molecule has 0 spiro atoms. The van der Waals surface area contributed by atoms with Crippen molar-refractivity contribution in [2.24, 2.45) is 23.7 Å². The second-order valence-corrected chi connectivity index (χ2v) is 11.7. The quantitative estimate of drug-likeness (QED) is 0.336. The first-order chi connectivity index (χ1) is 17.8. The van der Waals surface area contributed by atoms with Gasteiger partial charge in [-0.2, -0.15) is 0 Å². The van der Waals surface area contributed by atoms with E-state index in [0.717, 1.165) is 37.7 Å². The first-order valence-electron chi connectivity index (χ1n) is 14.1. The summed E-state index contributed by atoms with van der Waals surface area (Å²) in [7, 11) is 0. The number of aryl methyl sites for hydroxylation is 1. The zero-order valence-corrected chi connectivity index (χ0v) is 23.2. The number of hydrogen-bond donors (Lipinski definition) is 0. The van der Waals surface area contributed by atoms with E-state index in [-0.39, 0.29) is 0 Å². The van der Waals surface area contributed by atoms with Crippen LogP contribution in [0, 0.1) is 30.6 Å². The fraction of sp³-hybridized carbons (Fsp3) is 0.351. The van der Waals surface area contributed by atoms with Gasteiger partial charge in [-0.05, 0) is 90.7 Å². The Balaban J connectivity index is 1.41. The predicted molar refractivity (Wildman–Crippen MR) is 162 cm³/mol. The number of fused-ring (bicyclic) bond motifs is 1. The van der Waals surface area contributed by atoms with Crippen LogP contribution < -0.4 is 0 Å². The summed E-state index contributed by atoms with van der Waals surface area (Å²) in [6, 6.07) is 6.75. The maximum absolute atomic E-state index is 4.73. The Morgan fingerprint density at radius 2 is 1.89 bits per heavy atom. The molecule has 4 unspecified atom stereocenters. The highest BCUT2D eigenvalue weighted by molar-refractivity contribution is 5.82. The summed E-state index contributed by atoms with van der Waals surface area (Å²) >= 11 is 0. The second-order valence-electron chi connectivity index (χ2n) is 11.7. The lowest BCUT2D eigenvalue weighted by atomic mass is 9.62. The summed E-state index contributed by atoms with van der Waals surface area (Å²) < 4.78 is 0. The van der Waals surface area contributed by atoms with Crippen molar-refractivity contribution in [2.75, 3.05) is 0 Å². The summed E-state index contributed by atoms with van der Waals surface area (Å²) in [5.41, 5.74) is 15.1. The van der Waals surface area contributed by atoms with Gasteiger partial charge in [-0.3, -0.25) is 0 Å². The molecule has 4 atom stereocenters. The standard InChI is InChI=1S/C37H42/c1-8-11-25(5)35-26(6)19-32-22-31(27(7)36(32)37(35)29-12-9-10-13-29)21-28-15-16-30(20-28)33-17-14-24(4)18-34(33)23(2)3/h9-10,12,14-19,21,26,35-37H,2,5,7-8,11,13,20,22H2,1,3-4,6H3/b31-21-. The highest BCUT2D eigenvalue weighted by Crippen LogP contribution is 2.56. The molecular formula is C37H42. The smallest absolute Gasteiger partial charge is 0.0120 e. The number of allylic oxidation sites excluding steroid dienone is 15. The van der Waals surface area contributed by atoms with Crippen LogP contribution in [-0.2, 0) is 0 Å². The molecule has 1 saturated carbocycles. The highest BCUT2D eigenvalue weighted by Gasteiger charge is 2.45. The molecule has 0 heterocycles. The van der Waals surface area contributed by atoms with Crippen molar-refractivity contribution in [1.82, 2.24) is 0 Å². The zero-order chi connectivity index (χ0) is 26.3. The molecule has 1 aromatic carbocycles. The minimum atomic E-state index is 0.411. The van der Waals surface area contributed by atoms with Gasteiger partial charge in [0.1, 0.15) is 0 Å². The van der Waals surface area contributed by atoms with E-state index < -0.39 is 0 Å². The Labute approximate surface area is 225 Å². The van der Waals surface area contributed by atoms with Crippen LogP contribution in [0.2, 0.25) is 0 Å². The lowest BCUT2D eigenvalue weighted by Crippen LogP contribution is -2.34. The predicted octanol–water partition coefficient (Wildman–Crippen LogP) is 10.3. The Morgan fingerprint density at radius 3 is 2.59 bits per heavy atom. The van der Waals surface area contributed by atoms with Crippen molar-refractivity contribution < 1.29 is 0 Å². The van der Waals surface area contributed by atoms with Gasteiger partial charge in [-0.1, -0.05) is 129 Å². The molecule has 1 aromatic rings. The summed E-state index contributed by atoms with van der Waals surface area (Å²) in [4.78, 5) is 0. The van der Waals surface area contributed by atoms with E-state index >= 15 is 0 Å². The lowest BCUT2D eigenvalue weighted by molar-refractivity contribution is 0.281. The summed E-state index contributed by atoms with van der Waals surface area (Å²) in [5.74, 6) is 1.91. The molecule has 1 fully saturated rings. The van der Waals surface area contributed by atoms with Gasteiger partial charge in [0, 0.05) is 5.92 Å². The van der Waals surface area contributed by atoms with Gasteiger partial charge in [0.25, 0.3) is 0 Å². The Kier molecular flexibility index (Phi) is 7.13. The van der Waals surface area contributed by atoms with Gasteiger partial charge in [-0.25, -0.2) is 0 Å². The van der Waals surface area contributed by atoms with Crippen LogP contribution in [0.3, 0.4) is 0 Å². The molecule has 0 saturated heterocycles. The first kappa shape index (κ1) is 25.5. The van der Waals surface area contributed by atoms with Gasteiger partial charge in [0.05, 0.1) is 0 Å². The minimum Gasteiger partial charge on any atom is -0.0995 e. The molecule has 4 aliphatic carbocycles. The molecule has 0 bridgehead atoms. The highest BCUT2D eigenvalue weighted by atomic mass is 14.5. The van der Waals surface area contributed by atoms with Gasteiger partial charge < -0.3 is 0 Å². The van der Waals surface area contributed by atoms with E-state index in [9.17, 15) is 0 Å². The SMILES string of the molecule is C=C(C)c1cc(C)ccc1C1=CC=C(/C=C2/CC3=CC(C)C(C(=C)CCC)C(C4=CC=CC4)C3C2=C)C1. The average molecular weight is 487 g/mol. The third kappa shape index (κ3) is 4.79. The average Bonchev–Trinajstić information content (AvgIpc) is 3.60. The molecule has 0 N–H and O–H groups in total. The van der Waals surface area contributed by atoms with Crippen molar-refractivity contribution in [3.63, 3.8) is 0 Å². The summed E-state index contributed by atoms with van der Waals surface area (Å²) in [6.07, 6.45) is 21.9. The van der Waals surface area contributed by atoms with Crippen molar-refractivity contribution >= 4 is 11.1 Å². The van der Waals surface area contributed by atoms with Gasteiger partial charge in [0.15, 0.2) is 0 Å². The molecule has 190 valence electrons. The van der Waals surface area contributed by atoms with Crippen molar-refractivity contribution in [1.29, 1.82) is 0 Å². The first-order valence-corrected chi connectivity index (χ1v) is 14.1. The maximum Gasteiger partial charge on any atom is 0.0120 e. The van der Waals surface area contributed by atoms with Crippen molar-refractivity contribution in [3.8, 4) is 0 Å². The van der Waals surface area contributed by atoms with Crippen LogP contribution >= 0.6 is 0 Å². The molecule has 0 heteroatoms. The third-order valence-corrected chi connectivity index (χ3v) is 8.88. The monoisotopic (exact) mass is 486 g/mol. The zero-order valence-electron chi connectivity index (χ0n) is 23.2. The van der Waals surface area contributed by atoms with Crippen molar-refractivity contribution in [3.05, 3.63) is 131 Å². The molecule has 0 nitrogen and oxygen atoms in total. The lowest BCUT2D eigenvalue weighted by Gasteiger charge is -2.42. The van der Waals surface area contributed by atoms with E-state index in [0.29, 0.717) is 23.7 Å². The third-order valence-electron chi connectivity index (χ3n) is 8.88. The molecule has 37 heavy (non-hydrogen) atoms. The fourth-order valence-electron chi connectivity index (χ4n) is 7.21. The number of benzene rings is 1. The minimum absolute atomic E-state index is 0.411. The largest absolute Gasteiger partial charge is 0.0995 e. The van der Waals surface area contributed by atoms with E-state index in [1.54, 1.807) is 11.1 Å². The van der Waals surface area contributed by atoms with Gasteiger partial charge in [0.2, 0.25) is 0 Å². The molecule has 0 aromatic heterocycles. The van der Waals surface area contributed by atoms with Crippen LogP contribution in [0.4, 0.5) is 0 Å². The van der Waals surface area contributed by atoms with E-state index in [1.807, 2.05) is 0 Å². The number of hydrogen-bond acceptors (Lipinski definition) is 0. The van der Waals surface area contributed by atoms with Crippen LogP contribution in [-0.4, -0.2) is 0 Å². The fourth-order valence-corrected chi connectivity index (χ4v) is 7.21.